The fraction of sp³-hybridized carbons (Fsp3) is 0.304. The van der Waals surface area contributed by atoms with E-state index in [2.05, 4.69) is 4.98 Å². The Morgan fingerprint density at radius 1 is 1.18 bits per heavy atom. The van der Waals surface area contributed by atoms with E-state index in [1.807, 2.05) is 13.8 Å². The highest BCUT2D eigenvalue weighted by atomic mass is 35.5. The molecule has 8 nitrogen and oxygen atoms in total. The molecule has 1 aromatic heterocycles. The van der Waals surface area contributed by atoms with Crippen LogP contribution < -0.4 is 4.74 Å². The lowest BCUT2D eigenvalue weighted by Crippen LogP contribution is -2.20. The van der Waals surface area contributed by atoms with Gasteiger partial charge in [-0.25, -0.2) is 9.78 Å². The number of halogens is 1. The molecular formula is C23H25ClN2O6S. The Balaban J connectivity index is 2.43. The number of carboxylic acid groups (broad SMARTS) is 1. The predicted octanol–water partition coefficient (Wildman–Crippen LogP) is 4.87. The second-order valence-corrected chi connectivity index (χ2v) is 9.86. The van der Waals surface area contributed by atoms with Crippen LogP contribution in [0.1, 0.15) is 53.3 Å². The summed E-state index contributed by atoms with van der Waals surface area (Å²) < 4.78 is 37.1. The predicted molar refractivity (Wildman–Crippen MR) is 126 cm³/mol. The number of carbonyl (C=O) groups is 1. The second-order valence-electron chi connectivity index (χ2n) is 7.82. The van der Waals surface area contributed by atoms with Gasteiger partial charge in [0.25, 0.3) is 10.1 Å². The second kappa shape index (κ2) is 9.54. The average molecular weight is 493 g/mol. The van der Waals surface area contributed by atoms with Gasteiger partial charge in [-0.05, 0) is 56.2 Å². The molecule has 0 radical (unpaired) electrons. The van der Waals surface area contributed by atoms with Gasteiger partial charge in [0.15, 0.2) is 5.69 Å². The van der Waals surface area contributed by atoms with Crippen molar-refractivity contribution in [3.05, 3.63) is 70.0 Å². The summed E-state index contributed by atoms with van der Waals surface area (Å²) in [6, 6.07) is 11.7. The smallest absolute Gasteiger partial charge is 0.356 e. The van der Waals surface area contributed by atoms with Gasteiger partial charge >= 0.3 is 5.97 Å². The van der Waals surface area contributed by atoms with Crippen LogP contribution in [0.4, 0.5) is 0 Å². The summed E-state index contributed by atoms with van der Waals surface area (Å²) in [6.07, 6.45) is -0.343. The van der Waals surface area contributed by atoms with E-state index in [0.29, 0.717) is 33.3 Å². The van der Waals surface area contributed by atoms with E-state index < -0.39 is 22.2 Å². The monoisotopic (exact) mass is 492 g/mol. The van der Waals surface area contributed by atoms with Crippen molar-refractivity contribution in [1.82, 2.24) is 9.55 Å². The van der Waals surface area contributed by atoms with Crippen molar-refractivity contribution < 1.29 is 27.2 Å². The van der Waals surface area contributed by atoms with Gasteiger partial charge in [0, 0.05) is 11.1 Å². The minimum Gasteiger partial charge on any atom is -0.496 e. The first-order valence-corrected chi connectivity index (χ1v) is 12.3. The number of aryl methyl sites for hydroxylation is 1. The van der Waals surface area contributed by atoms with Gasteiger partial charge in [-0.1, -0.05) is 29.8 Å². The molecule has 3 rings (SSSR count). The van der Waals surface area contributed by atoms with Crippen LogP contribution in [0.5, 0.6) is 5.75 Å². The highest BCUT2D eigenvalue weighted by Crippen LogP contribution is 2.39. The van der Waals surface area contributed by atoms with Gasteiger partial charge in [0.2, 0.25) is 0 Å². The number of carboxylic acids is 1. The lowest BCUT2D eigenvalue weighted by Gasteiger charge is -2.24. The summed E-state index contributed by atoms with van der Waals surface area (Å²) in [6.45, 7) is 5.45. The first-order valence-electron chi connectivity index (χ1n) is 10.1. The molecule has 0 saturated carbocycles. The van der Waals surface area contributed by atoms with Crippen LogP contribution >= 0.6 is 11.6 Å². The van der Waals surface area contributed by atoms with E-state index in [1.54, 1.807) is 54.0 Å². The molecule has 0 aliphatic heterocycles. The third kappa shape index (κ3) is 5.21. The largest absolute Gasteiger partial charge is 0.496 e. The number of hydrogen-bond donors (Lipinski definition) is 1. The Bertz CT molecular complexity index is 1300. The molecule has 2 aromatic carbocycles. The summed E-state index contributed by atoms with van der Waals surface area (Å²) in [7, 11) is -2.48. The molecule has 0 bridgehead atoms. The van der Waals surface area contributed by atoms with Gasteiger partial charge < -0.3 is 14.4 Å². The van der Waals surface area contributed by atoms with E-state index in [0.717, 1.165) is 6.26 Å². The van der Waals surface area contributed by atoms with Crippen LogP contribution in [0.3, 0.4) is 0 Å². The maximum Gasteiger partial charge on any atom is 0.356 e. The maximum atomic E-state index is 12.3. The quantitative estimate of drug-likeness (QED) is 0.447. The van der Waals surface area contributed by atoms with Crippen LogP contribution in [0, 0.1) is 6.92 Å². The standard InChI is InChI=1S/C23H25ClN2O6S/c1-13(2)26-20(21(32-33(5,29)30)16-11-10-15(24)12-14(16)3)19(23(27)28)25-22(26)17-8-6-7-9-18(17)31-4/h6-13,21H,1-5H3,(H,27,28). The molecule has 1 heterocycles. The van der Waals surface area contributed by atoms with Gasteiger partial charge in [0.1, 0.15) is 17.7 Å². The average Bonchev–Trinajstić information content (AvgIpc) is 3.12. The third-order valence-electron chi connectivity index (χ3n) is 5.05. The van der Waals surface area contributed by atoms with Crippen molar-refractivity contribution >= 4 is 27.7 Å². The van der Waals surface area contributed by atoms with Crippen LogP contribution in [0.15, 0.2) is 42.5 Å². The molecule has 0 aliphatic rings. The van der Waals surface area contributed by atoms with Crippen molar-refractivity contribution in [1.29, 1.82) is 0 Å². The normalized spacial score (nSPS) is 12.7. The van der Waals surface area contributed by atoms with E-state index >= 15 is 0 Å². The molecule has 1 atom stereocenters. The molecule has 0 aliphatic carbocycles. The Labute approximate surface area is 197 Å². The zero-order valence-corrected chi connectivity index (χ0v) is 20.4. The Hall–Kier alpha value is -2.88. The highest BCUT2D eigenvalue weighted by molar-refractivity contribution is 7.86. The number of aromatic carboxylic acids is 1. The topological polar surface area (TPSA) is 108 Å². The fourth-order valence-corrected chi connectivity index (χ4v) is 4.52. The summed E-state index contributed by atoms with van der Waals surface area (Å²) in [5.41, 5.74) is 1.46. The van der Waals surface area contributed by atoms with Crippen molar-refractivity contribution in [2.75, 3.05) is 13.4 Å². The number of ether oxygens (including phenoxy) is 1. The van der Waals surface area contributed by atoms with Crippen LogP contribution in [-0.2, 0) is 14.3 Å². The third-order valence-corrected chi connectivity index (χ3v) is 5.83. The number of methoxy groups -OCH3 is 1. The van der Waals surface area contributed by atoms with Crippen LogP contribution in [-0.4, -0.2) is 42.4 Å². The number of hydrogen-bond acceptors (Lipinski definition) is 6. The minimum atomic E-state index is -3.99. The lowest BCUT2D eigenvalue weighted by molar-refractivity contribution is 0.0685. The van der Waals surface area contributed by atoms with Crippen molar-refractivity contribution in [2.24, 2.45) is 0 Å². The number of benzene rings is 2. The van der Waals surface area contributed by atoms with E-state index in [1.165, 1.54) is 7.11 Å². The molecular weight excluding hydrogens is 468 g/mol. The summed E-state index contributed by atoms with van der Waals surface area (Å²) in [5, 5.41) is 10.5. The first kappa shape index (κ1) is 24.8. The number of para-hydroxylation sites is 1. The van der Waals surface area contributed by atoms with Crippen LogP contribution in [0.2, 0.25) is 5.02 Å². The summed E-state index contributed by atoms with van der Waals surface area (Å²) >= 11 is 6.10. The van der Waals surface area contributed by atoms with Crippen molar-refractivity contribution in [3.8, 4) is 17.1 Å². The molecule has 1 unspecified atom stereocenters. The number of rotatable bonds is 8. The molecule has 0 amide bonds. The minimum absolute atomic E-state index is 0.106. The van der Waals surface area contributed by atoms with Gasteiger partial charge in [-0.2, -0.15) is 8.42 Å². The van der Waals surface area contributed by atoms with Gasteiger partial charge in [-0.3, -0.25) is 4.18 Å². The zero-order valence-electron chi connectivity index (χ0n) is 18.9. The Morgan fingerprint density at radius 3 is 2.39 bits per heavy atom. The van der Waals surface area contributed by atoms with E-state index in [4.69, 9.17) is 20.5 Å². The number of imidazole rings is 1. The van der Waals surface area contributed by atoms with Gasteiger partial charge in [0.05, 0.1) is 24.6 Å². The maximum absolute atomic E-state index is 12.3. The van der Waals surface area contributed by atoms with E-state index in [9.17, 15) is 18.3 Å². The molecule has 1 N–H and O–H groups in total. The SMILES string of the molecule is COc1ccccc1-c1nc(C(=O)O)c(C(OS(C)(=O)=O)c2ccc(Cl)cc2C)n1C(C)C. The Morgan fingerprint density at radius 2 is 1.85 bits per heavy atom. The van der Waals surface area contributed by atoms with Gasteiger partial charge in [-0.15, -0.1) is 0 Å². The van der Waals surface area contributed by atoms with Crippen molar-refractivity contribution in [3.63, 3.8) is 0 Å². The number of nitrogens with zero attached hydrogens (tertiary/aromatic N) is 2. The number of aromatic nitrogens is 2. The van der Waals surface area contributed by atoms with Crippen molar-refractivity contribution in [2.45, 2.75) is 32.9 Å². The molecule has 33 heavy (non-hydrogen) atoms. The Kier molecular flexibility index (Phi) is 7.16. The molecule has 3 aromatic rings. The zero-order chi connectivity index (χ0) is 24.5. The molecule has 0 saturated heterocycles. The lowest BCUT2D eigenvalue weighted by atomic mass is 9.99. The summed E-state index contributed by atoms with van der Waals surface area (Å²) in [5.74, 6) is -0.492. The van der Waals surface area contributed by atoms with E-state index in [-0.39, 0.29) is 17.4 Å². The molecule has 176 valence electrons. The van der Waals surface area contributed by atoms with Crippen LogP contribution in [0.25, 0.3) is 11.4 Å². The summed E-state index contributed by atoms with van der Waals surface area (Å²) in [4.78, 5) is 16.7. The molecule has 0 fully saturated rings. The molecule has 0 spiro atoms. The fourth-order valence-electron chi connectivity index (χ4n) is 3.75. The highest BCUT2D eigenvalue weighted by Gasteiger charge is 2.34. The molecule has 10 heteroatoms. The first-order chi connectivity index (χ1) is 15.4.